The molecule has 0 radical (unpaired) electrons. The van der Waals surface area contributed by atoms with Crippen LogP contribution in [0.3, 0.4) is 0 Å². The second-order valence-corrected chi connectivity index (χ2v) is 3.30. The molecule has 0 spiro atoms. The lowest BCUT2D eigenvalue weighted by Crippen LogP contribution is -2.02. The second-order valence-electron chi connectivity index (χ2n) is 3.30. The first kappa shape index (κ1) is 12.2. The lowest BCUT2D eigenvalue weighted by molar-refractivity contribution is -0.384. The van der Waals surface area contributed by atoms with Gasteiger partial charge in [-0.25, -0.2) is 4.39 Å². The van der Waals surface area contributed by atoms with E-state index in [2.05, 4.69) is 0 Å². The molecule has 0 atom stereocenters. The number of hydrogen-bond acceptors (Lipinski definition) is 4. The molecule has 0 heterocycles. The molecule has 0 aliphatic carbocycles. The van der Waals surface area contributed by atoms with Crippen LogP contribution in [-0.4, -0.2) is 11.5 Å². The van der Waals surface area contributed by atoms with Crippen molar-refractivity contribution < 1.29 is 14.1 Å². The molecule has 5 nitrogen and oxygen atoms in total. The van der Waals surface area contributed by atoms with Crippen molar-refractivity contribution in [2.45, 2.75) is 19.8 Å². The monoisotopic (exact) mass is 228 g/mol. The second kappa shape index (κ2) is 5.29. The highest BCUT2D eigenvalue weighted by Crippen LogP contribution is 2.29. The zero-order chi connectivity index (χ0) is 12.1. The van der Waals surface area contributed by atoms with Crippen LogP contribution in [0.25, 0.3) is 0 Å². The Kier molecular flexibility index (Phi) is 4.04. The van der Waals surface area contributed by atoms with Crippen LogP contribution in [0.15, 0.2) is 12.1 Å². The molecule has 6 heteroatoms. The zero-order valence-corrected chi connectivity index (χ0v) is 8.90. The molecule has 0 aliphatic rings. The average molecular weight is 228 g/mol. The van der Waals surface area contributed by atoms with Gasteiger partial charge >= 0.3 is 0 Å². The SMILES string of the molecule is CCCCOc1cc(N)c([N+](=O)[O-])cc1F. The highest BCUT2D eigenvalue weighted by molar-refractivity contribution is 5.61. The normalized spacial score (nSPS) is 10.1. The van der Waals surface area contributed by atoms with Crippen LogP contribution < -0.4 is 10.5 Å². The van der Waals surface area contributed by atoms with Gasteiger partial charge in [0, 0.05) is 6.07 Å². The van der Waals surface area contributed by atoms with Crippen molar-refractivity contribution in [1.82, 2.24) is 0 Å². The van der Waals surface area contributed by atoms with Crippen molar-refractivity contribution in [3.63, 3.8) is 0 Å². The summed E-state index contributed by atoms with van der Waals surface area (Å²) in [6, 6.07) is 1.92. The average Bonchev–Trinajstić information content (AvgIpc) is 2.22. The number of nitro benzene ring substituents is 1. The lowest BCUT2D eigenvalue weighted by atomic mass is 10.2. The number of hydrogen-bond donors (Lipinski definition) is 1. The van der Waals surface area contributed by atoms with Crippen molar-refractivity contribution in [3.05, 3.63) is 28.1 Å². The fourth-order valence-electron chi connectivity index (χ4n) is 1.15. The number of ether oxygens (including phenoxy) is 1. The molecule has 0 fully saturated rings. The quantitative estimate of drug-likeness (QED) is 0.363. The Hall–Kier alpha value is -1.85. The Morgan fingerprint density at radius 1 is 1.56 bits per heavy atom. The van der Waals surface area contributed by atoms with E-state index in [4.69, 9.17) is 10.5 Å². The predicted octanol–water partition coefficient (Wildman–Crippen LogP) is 2.50. The maximum absolute atomic E-state index is 13.3. The lowest BCUT2D eigenvalue weighted by Gasteiger charge is -2.07. The molecule has 0 saturated heterocycles. The van der Waals surface area contributed by atoms with E-state index in [1.165, 1.54) is 0 Å². The topological polar surface area (TPSA) is 78.4 Å². The summed E-state index contributed by atoms with van der Waals surface area (Å²) < 4.78 is 18.4. The minimum absolute atomic E-state index is 0.0449. The van der Waals surface area contributed by atoms with E-state index >= 15 is 0 Å². The smallest absolute Gasteiger partial charge is 0.295 e. The number of nitrogens with zero attached hydrogens (tertiary/aromatic N) is 1. The van der Waals surface area contributed by atoms with Gasteiger partial charge in [0.1, 0.15) is 5.69 Å². The van der Waals surface area contributed by atoms with Gasteiger partial charge in [-0.05, 0) is 6.42 Å². The maximum atomic E-state index is 13.3. The maximum Gasteiger partial charge on any atom is 0.295 e. The van der Waals surface area contributed by atoms with Crippen molar-refractivity contribution in [3.8, 4) is 5.75 Å². The summed E-state index contributed by atoms with van der Waals surface area (Å²) >= 11 is 0. The van der Waals surface area contributed by atoms with Gasteiger partial charge in [-0.3, -0.25) is 10.1 Å². The molecule has 0 saturated carbocycles. The van der Waals surface area contributed by atoms with Gasteiger partial charge in [-0.15, -0.1) is 0 Å². The number of nitrogens with two attached hydrogens (primary N) is 1. The van der Waals surface area contributed by atoms with Crippen LogP contribution in [0.4, 0.5) is 15.8 Å². The van der Waals surface area contributed by atoms with Crippen molar-refractivity contribution in [2.75, 3.05) is 12.3 Å². The van der Waals surface area contributed by atoms with Gasteiger partial charge in [-0.2, -0.15) is 0 Å². The van der Waals surface area contributed by atoms with Gasteiger partial charge < -0.3 is 10.5 Å². The number of nitro groups is 1. The summed E-state index contributed by atoms with van der Waals surface area (Å²) in [5, 5.41) is 10.5. The number of benzene rings is 1. The van der Waals surface area contributed by atoms with E-state index in [0.29, 0.717) is 6.61 Å². The summed E-state index contributed by atoms with van der Waals surface area (Å²) in [6.07, 6.45) is 1.71. The van der Waals surface area contributed by atoms with Crippen LogP contribution in [0, 0.1) is 15.9 Å². The Balaban J connectivity index is 2.88. The minimum atomic E-state index is -0.767. The Bertz CT molecular complexity index is 396. The fraction of sp³-hybridized carbons (Fsp3) is 0.400. The van der Waals surface area contributed by atoms with Crippen LogP contribution in [0.5, 0.6) is 5.75 Å². The van der Waals surface area contributed by atoms with E-state index in [-0.39, 0.29) is 11.4 Å². The highest BCUT2D eigenvalue weighted by Gasteiger charge is 2.16. The number of anilines is 1. The molecule has 88 valence electrons. The largest absolute Gasteiger partial charge is 0.490 e. The van der Waals surface area contributed by atoms with Gasteiger partial charge in [0.25, 0.3) is 5.69 Å². The van der Waals surface area contributed by atoms with E-state index in [0.717, 1.165) is 25.0 Å². The molecule has 1 aromatic carbocycles. The third kappa shape index (κ3) is 2.82. The summed E-state index contributed by atoms with van der Waals surface area (Å²) in [5.41, 5.74) is 4.86. The first-order valence-electron chi connectivity index (χ1n) is 4.92. The number of nitrogen functional groups attached to an aromatic ring is 1. The Labute approximate surface area is 92.2 Å². The van der Waals surface area contributed by atoms with Crippen LogP contribution in [-0.2, 0) is 0 Å². The van der Waals surface area contributed by atoms with Gasteiger partial charge in [-0.1, -0.05) is 13.3 Å². The third-order valence-electron chi connectivity index (χ3n) is 2.03. The molecule has 1 aromatic rings. The molecule has 2 N–H and O–H groups in total. The molecule has 0 aliphatic heterocycles. The molecule has 0 aromatic heterocycles. The van der Waals surface area contributed by atoms with Gasteiger partial charge in [0.15, 0.2) is 11.6 Å². The summed E-state index contributed by atoms with van der Waals surface area (Å²) in [6.45, 7) is 2.34. The van der Waals surface area contributed by atoms with Crippen molar-refractivity contribution in [2.24, 2.45) is 0 Å². The van der Waals surface area contributed by atoms with E-state index < -0.39 is 16.4 Å². The molecule has 0 amide bonds. The molecular formula is C10H13FN2O3. The first-order chi connectivity index (χ1) is 7.56. The number of rotatable bonds is 5. The van der Waals surface area contributed by atoms with Gasteiger partial charge in [0.05, 0.1) is 17.6 Å². The summed E-state index contributed by atoms with van der Waals surface area (Å²) in [7, 11) is 0. The van der Waals surface area contributed by atoms with E-state index in [9.17, 15) is 14.5 Å². The predicted molar refractivity (Wildman–Crippen MR) is 57.9 cm³/mol. The number of halogens is 1. The molecule has 16 heavy (non-hydrogen) atoms. The van der Waals surface area contributed by atoms with Crippen LogP contribution >= 0.6 is 0 Å². The molecule has 0 unspecified atom stereocenters. The zero-order valence-electron chi connectivity index (χ0n) is 8.90. The highest BCUT2D eigenvalue weighted by atomic mass is 19.1. The van der Waals surface area contributed by atoms with Gasteiger partial charge in [0.2, 0.25) is 0 Å². The summed E-state index contributed by atoms with van der Waals surface area (Å²) in [5.74, 6) is -0.812. The summed E-state index contributed by atoms with van der Waals surface area (Å²) in [4.78, 5) is 9.74. The Morgan fingerprint density at radius 2 is 2.25 bits per heavy atom. The van der Waals surface area contributed by atoms with Crippen molar-refractivity contribution in [1.29, 1.82) is 0 Å². The molecular weight excluding hydrogens is 215 g/mol. The van der Waals surface area contributed by atoms with E-state index in [1.54, 1.807) is 0 Å². The van der Waals surface area contributed by atoms with Crippen molar-refractivity contribution >= 4 is 11.4 Å². The third-order valence-corrected chi connectivity index (χ3v) is 2.03. The van der Waals surface area contributed by atoms with Crippen LogP contribution in [0.1, 0.15) is 19.8 Å². The molecule has 0 bridgehead atoms. The van der Waals surface area contributed by atoms with E-state index in [1.807, 2.05) is 6.92 Å². The van der Waals surface area contributed by atoms with Crippen LogP contribution in [0.2, 0.25) is 0 Å². The standard InChI is InChI=1S/C10H13FN2O3/c1-2-3-4-16-10-6-8(12)9(13(14)15)5-7(10)11/h5-6H,2-4,12H2,1H3. The molecule has 1 rings (SSSR count). The number of unbranched alkanes of at least 4 members (excludes halogenated alkanes) is 1. The fourth-order valence-corrected chi connectivity index (χ4v) is 1.15. The minimum Gasteiger partial charge on any atom is -0.490 e. The Morgan fingerprint density at radius 3 is 2.81 bits per heavy atom. The first-order valence-corrected chi connectivity index (χ1v) is 4.92.